The summed E-state index contributed by atoms with van der Waals surface area (Å²) in [6.45, 7) is 5.75. The molecule has 140 valence electrons. The summed E-state index contributed by atoms with van der Waals surface area (Å²) < 4.78 is 23.6. The number of ether oxygens (including phenoxy) is 2. The van der Waals surface area contributed by atoms with Crippen molar-refractivity contribution in [3.63, 3.8) is 0 Å². The zero-order chi connectivity index (χ0) is 19.4. The fourth-order valence-corrected chi connectivity index (χ4v) is 3.55. The molecule has 1 atom stereocenters. The quantitative estimate of drug-likeness (QED) is 0.396. The molecule has 7 nitrogen and oxygen atoms in total. The van der Waals surface area contributed by atoms with Gasteiger partial charge in [-0.1, -0.05) is 5.92 Å². The molecule has 9 heteroatoms. The molecule has 0 radical (unpaired) electrons. The molecule has 0 aliphatic heterocycles. The summed E-state index contributed by atoms with van der Waals surface area (Å²) in [7, 11) is 0.142. The summed E-state index contributed by atoms with van der Waals surface area (Å²) >= 11 is 0. The van der Waals surface area contributed by atoms with Crippen molar-refractivity contribution >= 4 is 22.0 Å². The van der Waals surface area contributed by atoms with Crippen molar-refractivity contribution in [1.29, 1.82) is 0 Å². The first-order valence-corrected chi connectivity index (χ1v) is 9.56. The number of aryl methyl sites for hydroxylation is 1. The van der Waals surface area contributed by atoms with Crippen LogP contribution in [0, 0.1) is 25.7 Å². The second-order valence-electron chi connectivity index (χ2n) is 5.75. The summed E-state index contributed by atoms with van der Waals surface area (Å²) in [5, 5.41) is 0.228. The van der Waals surface area contributed by atoms with Crippen LogP contribution in [0.4, 0.5) is 0 Å². The summed E-state index contributed by atoms with van der Waals surface area (Å²) in [5.41, 5.74) is 3.35. The molecule has 3 rings (SSSR count). The van der Waals surface area contributed by atoms with E-state index in [-0.39, 0.29) is 47.1 Å². The van der Waals surface area contributed by atoms with E-state index in [1.54, 1.807) is 26.3 Å². The van der Waals surface area contributed by atoms with E-state index in [0.29, 0.717) is 28.5 Å². The maximum atomic E-state index is 12.7. The first-order chi connectivity index (χ1) is 13.0. The number of aromatic nitrogens is 4. The monoisotopic (exact) mass is 406 g/mol. The van der Waals surface area contributed by atoms with Crippen LogP contribution in [-0.4, -0.2) is 32.9 Å². The maximum absolute atomic E-state index is 12.7. The Morgan fingerprint density at radius 2 is 2.07 bits per heavy atom. The molecule has 3 heterocycles. The molecule has 3 aromatic heterocycles. The van der Waals surface area contributed by atoms with E-state index in [0.717, 1.165) is 11.1 Å². The molecule has 0 N–H and O–H groups in total. The summed E-state index contributed by atoms with van der Waals surface area (Å²) in [6, 6.07) is 3.59. The molecular formula is C19H19N4NaO3S. The predicted octanol–water partition coefficient (Wildman–Crippen LogP) is -0.679. The standard InChI is InChI=1S/C19H19N4O3S.Na/c1-5-6-9-26-18-12(2)10-14-17(22-18)23-19(21-14)27(24)11-15-13(3)16(25-4)7-8-20-15;/h7-8,10H,9,11H2,1-4H3;/q-1;+1. The van der Waals surface area contributed by atoms with E-state index in [1.807, 2.05) is 19.9 Å². The van der Waals surface area contributed by atoms with E-state index in [1.165, 1.54) is 0 Å². The molecule has 0 aliphatic carbocycles. The summed E-state index contributed by atoms with van der Waals surface area (Å²) in [4.78, 5) is 17.3. The molecule has 28 heavy (non-hydrogen) atoms. The van der Waals surface area contributed by atoms with E-state index in [4.69, 9.17) is 9.47 Å². The molecule has 0 aliphatic rings. The molecule has 0 aromatic carbocycles. The average Bonchev–Trinajstić information content (AvgIpc) is 3.06. The van der Waals surface area contributed by atoms with Crippen molar-refractivity contribution in [1.82, 2.24) is 19.9 Å². The van der Waals surface area contributed by atoms with Crippen molar-refractivity contribution < 1.29 is 43.2 Å². The third-order valence-electron chi connectivity index (χ3n) is 3.95. The Hall–Kier alpha value is -1.92. The van der Waals surface area contributed by atoms with Gasteiger partial charge in [0, 0.05) is 22.9 Å². The number of hydrogen-bond donors (Lipinski definition) is 0. The second kappa shape index (κ2) is 10.0. The van der Waals surface area contributed by atoms with Gasteiger partial charge in [0.05, 0.1) is 34.5 Å². The van der Waals surface area contributed by atoms with Gasteiger partial charge < -0.3 is 24.4 Å². The molecule has 0 saturated heterocycles. The van der Waals surface area contributed by atoms with Crippen molar-refractivity contribution in [3.05, 3.63) is 35.2 Å². The number of nitrogens with zero attached hydrogens (tertiary/aromatic N) is 4. The zero-order valence-electron chi connectivity index (χ0n) is 16.6. The Morgan fingerprint density at radius 3 is 2.79 bits per heavy atom. The Bertz CT molecular complexity index is 1070. The van der Waals surface area contributed by atoms with Gasteiger partial charge in [0.1, 0.15) is 18.2 Å². The van der Waals surface area contributed by atoms with Gasteiger partial charge in [-0.25, -0.2) is 0 Å². The maximum Gasteiger partial charge on any atom is 1.00 e. The van der Waals surface area contributed by atoms with Gasteiger partial charge in [-0.2, -0.15) is 0 Å². The van der Waals surface area contributed by atoms with Crippen LogP contribution >= 0.6 is 0 Å². The van der Waals surface area contributed by atoms with Gasteiger partial charge in [0.2, 0.25) is 0 Å². The van der Waals surface area contributed by atoms with Crippen molar-refractivity contribution in [2.24, 2.45) is 0 Å². The van der Waals surface area contributed by atoms with Crippen molar-refractivity contribution in [2.45, 2.75) is 31.7 Å². The number of imidazole rings is 1. The number of fused-ring (bicyclic) bond motifs is 1. The third kappa shape index (κ3) is 4.92. The minimum Gasteiger partial charge on any atom is -0.496 e. The Kier molecular flexibility index (Phi) is 8.01. The summed E-state index contributed by atoms with van der Waals surface area (Å²) in [6.07, 6.45) is 1.63. The topological polar surface area (TPSA) is 88.3 Å². The van der Waals surface area contributed by atoms with E-state index >= 15 is 0 Å². The smallest absolute Gasteiger partial charge is 0.496 e. The van der Waals surface area contributed by atoms with Crippen molar-refractivity contribution in [2.75, 3.05) is 13.7 Å². The molecule has 1 unspecified atom stereocenters. The number of rotatable bonds is 6. The average molecular weight is 406 g/mol. The molecular weight excluding hydrogens is 387 g/mol. The fourth-order valence-electron chi connectivity index (χ4n) is 2.50. The van der Waals surface area contributed by atoms with E-state index < -0.39 is 10.8 Å². The van der Waals surface area contributed by atoms with Crippen LogP contribution in [0.25, 0.3) is 11.2 Å². The third-order valence-corrected chi connectivity index (χ3v) is 5.08. The van der Waals surface area contributed by atoms with Gasteiger partial charge >= 0.3 is 29.6 Å². The van der Waals surface area contributed by atoms with Crippen LogP contribution in [0.2, 0.25) is 0 Å². The molecule has 0 amide bonds. The number of methoxy groups -OCH3 is 1. The van der Waals surface area contributed by atoms with Crippen molar-refractivity contribution in [3.8, 4) is 23.5 Å². The molecule has 0 fully saturated rings. The zero-order valence-corrected chi connectivity index (χ0v) is 19.4. The molecule has 0 spiro atoms. The predicted molar refractivity (Wildman–Crippen MR) is 102 cm³/mol. The SMILES string of the molecule is CC#CCOc1nc2[n-]c(S(=O)Cc3nccc(OC)c3C)nc2cc1C.[Na+]. The summed E-state index contributed by atoms with van der Waals surface area (Å²) in [5.74, 6) is 6.95. The second-order valence-corrected chi connectivity index (χ2v) is 7.09. The van der Waals surface area contributed by atoms with Crippen LogP contribution in [0.3, 0.4) is 0 Å². The van der Waals surface area contributed by atoms with Crippen LogP contribution in [-0.2, 0) is 16.6 Å². The largest absolute Gasteiger partial charge is 1.00 e. The minimum absolute atomic E-state index is 0. The van der Waals surface area contributed by atoms with Gasteiger partial charge in [0.25, 0.3) is 0 Å². The first kappa shape index (κ1) is 22.4. The molecule has 3 aromatic rings. The fraction of sp³-hybridized carbons (Fsp3) is 0.316. The van der Waals surface area contributed by atoms with E-state index in [2.05, 4.69) is 31.8 Å². The van der Waals surface area contributed by atoms with Crippen LogP contribution in [0.15, 0.2) is 23.5 Å². The first-order valence-electron chi connectivity index (χ1n) is 8.24. The van der Waals surface area contributed by atoms with Crippen LogP contribution < -0.4 is 44.0 Å². The number of hydrogen-bond acceptors (Lipinski definition) is 6. The van der Waals surface area contributed by atoms with Gasteiger partial charge in [0.15, 0.2) is 0 Å². The van der Waals surface area contributed by atoms with Crippen LogP contribution in [0.5, 0.6) is 11.6 Å². The molecule has 0 bridgehead atoms. The molecule has 0 saturated carbocycles. The van der Waals surface area contributed by atoms with Gasteiger partial charge in [-0.3, -0.25) is 9.19 Å². The van der Waals surface area contributed by atoms with Gasteiger partial charge in [-0.05, 0) is 38.5 Å². The van der Waals surface area contributed by atoms with Gasteiger partial charge in [-0.15, -0.1) is 5.92 Å². The van der Waals surface area contributed by atoms with E-state index in [9.17, 15) is 4.21 Å². The normalized spacial score (nSPS) is 11.3. The Balaban J connectivity index is 0.00000280. The Labute approximate surface area is 188 Å². The van der Waals surface area contributed by atoms with Crippen LogP contribution in [0.1, 0.15) is 23.7 Å². The number of pyridine rings is 2. The minimum atomic E-state index is -1.45. The Morgan fingerprint density at radius 1 is 1.29 bits per heavy atom.